The average Bonchev–Trinajstić information content (AvgIpc) is 1.81. The monoisotopic (exact) mass is 228 g/mol. The molecule has 0 unspecified atom stereocenters. The quantitative estimate of drug-likeness (QED) is 0.690. The molecule has 80 valence electrons. The van der Waals surface area contributed by atoms with Crippen molar-refractivity contribution in [1.82, 2.24) is 0 Å². The second-order valence-corrected chi connectivity index (χ2v) is 7.99. The molecule has 6 heteroatoms. The minimum absolute atomic E-state index is 0.203. The standard InChI is InChI=1S/C7H16O4S2/c1-4-5-6-7(12(2,8)9)13(3,10)11/h7H,4-6H2,1-3H3. The lowest BCUT2D eigenvalue weighted by atomic mass is 10.3. The largest absolute Gasteiger partial charge is 0.228 e. The fourth-order valence-electron chi connectivity index (χ4n) is 1.12. The van der Waals surface area contributed by atoms with Gasteiger partial charge in [-0.2, -0.15) is 0 Å². The number of hydrogen-bond acceptors (Lipinski definition) is 4. The highest BCUT2D eigenvalue weighted by Crippen LogP contribution is 2.14. The van der Waals surface area contributed by atoms with Crippen molar-refractivity contribution >= 4 is 19.7 Å². The van der Waals surface area contributed by atoms with Gasteiger partial charge in [0, 0.05) is 12.5 Å². The van der Waals surface area contributed by atoms with Gasteiger partial charge in [0.15, 0.2) is 24.3 Å². The molecule has 0 N–H and O–H groups in total. The van der Waals surface area contributed by atoms with Crippen LogP contribution in [0.5, 0.6) is 0 Å². The van der Waals surface area contributed by atoms with Crippen molar-refractivity contribution in [3.63, 3.8) is 0 Å². The van der Waals surface area contributed by atoms with Gasteiger partial charge in [-0.25, -0.2) is 16.8 Å². The van der Waals surface area contributed by atoms with Crippen LogP contribution in [0.25, 0.3) is 0 Å². The summed E-state index contributed by atoms with van der Waals surface area (Å²) in [6.45, 7) is 1.89. The van der Waals surface area contributed by atoms with Crippen LogP contribution in [0.15, 0.2) is 0 Å². The molecule has 0 saturated carbocycles. The van der Waals surface area contributed by atoms with Crippen molar-refractivity contribution in [2.75, 3.05) is 12.5 Å². The lowest BCUT2D eigenvalue weighted by Crippen LogP contribution is -2.28. The summed E-state index contributed by atoms with van der Waals surface area (Å²) in [7, 11) is -6.97. The first-order valence-electron chi connectivity index (χ1n) is 4.07. The molecule has 0 aromatic carbocycles. The van der Waals surface area contributed by atoms with Crippen molar-refractivity contribution in [3.8, 4) is 0 Å². The second-order valence-electron chi connectivity index (χ2n) is 3.23. The Balaban J connectivity index is 4.81. The Bertz CT molecular complexity index is 307. The Labute approximate surface area is 80.2 Å². The first-order chi connectivity index (χ1) is 5.69. The molecular formula is C7H16O4S2. The van der Waals surface area contributed by atoms with E-state index in [0.29, 0.717) is 6.42 Å². The maximum atomic E-state index is 11.1. The molecule has 13 heavy (non-hydrogen) atoms. The van der Waals surface area contributed by atoms with E-state index in [1.807, 2.05) is 6.92 Å². The van der Waals surface area contributed by atoms with Crippen LogP contribution in [0, 0.1) is 0 Å². The van der Waals surface area contributed by atoms with E-state index in [2.05, 4.69) is 0 Å². The van der Waals surface area contributed by atoms with Crippen LogP contribution in [-0.4, -0.2) is 33.9 Å². The van der Waals surface area contributed by atoms with Crippen LogP contribution >= 0.6 is 0 Å². The zero-order valence-corrected chi connectivity index (χ0v) is 9.78. The number of sulfone groups is 2. The molecule has 0 saturated heterocycles. The van der Waals surface area contributed by atoms with Gasteiger partial charge in [-0.05, 0) is 6.42 Å². The van der Waals surface area contributed by atoms with Crippen molar-refractivity contribution in [2.45, 2.75) is 30.8 Å². The van der Waals surface area contributed by atoms with Crippen LogP contribution in [0.1, 0.15) is 26.2 Å². The van der Waals surface area contributed by atoms with E-state index >= 15 is 0 Å². The third-order valence-corrected chi connectivity index (χ3v) is 6.23. The highest BCUT2D eigenvalue weighted by Gasteiger charge is 2.29. The molecule has 0 amide bonds. The van der Waals surface area contributed by atoms with Crippen molar-refractivity contribution in [2.24, 2.45) is 0 Å². The van der Waals surface area contributed by atoms with Gasteiger partial charge in [0.2, 0.25) is 0 Å². The maximum Gasteiger partial charge on any atom is 0.164 e. The van der Waals surface area contributed by atoms with Gasteiger partial charge >= 0.3 is 0 Å². The molecule has 0 aromatic heterocycles. The molecule has 0 aliphatic rings. The smallest absolute Gasteiger partial charge is 0.164 e. The van der Waals surface area contributed by atoms with Crippen molar-refractivity contribution in [3.05, 3.63) is 0 Å². The van der Waals surface area contributed by atoms with Crippen LogP contribution in [0.3, 0.4) is 0 Å². The fourth-order valence-corrected chi connectivity index (χ4v) is 4.85. The van der Waals surface area contributed by atoms with Crippen LogP contribution < -0.4 is 0 Å². The van der Waals surface area contributed by atoms with Gasteiger partial charge in [0.1, 0.15) is 0 Å². The highest BCUT2D eigenvalue weighted by molar-refractivity contribution is 8.08. The molecule has 4 nitrogen and oxygen atoms in total. The van der Waals surface area contributed by atoms with Gasteiger partial charge in [-0.3, -0.25) is 0 Å². The number of hydrogen-bond donors (Lipinski definition) is 0. The molecule has 0 spiro atoms. The molecule has 0 bridgehead atoms. The first-order valence-corrected chi connectivity index (χ1v) is 7.98. The molecule has 0 aliphatic carbocycles. The molecule has 0 atom stereocenters. The average molecular weight is 228 g/mol. The van der Waals surface area contributed by atoms with Crippen molar-refractivity contribution in [1.29, 1.82) is 0 Å². The van der Waals surface area contributed by atoms with Crippen molar-refractivity contribution < 1.29 is 16.8 Å². The second kappa shape index (κ2) is 4.41. The summed E-state index contributed by atoms with van der Waals surface area (Å²) in [4.78, 5) is 0. The SMILES string of the molecule is CCCCC(S(C)(=O)=O)S(C)(=O)=O. The Morgan fingerprint density at radius 2 is 1.38 bits per heavy atom. The minimum atomic E-state index is -3.48. The summed E-state index contributed by atoms with van der Waals surface area (Å²) in [6, 6.07) is 0. The third-order valence-electron chi connectivity index (χ3n) is 1.75. The summed E-state index contributed by atoms with van der Waals surface area (Å²) >= 11 is 0. The summed E-state index contributed by atoms with van der Waals surface area (Å²) in [6.07, 6.45) is 3.54. The van der Waals surface area contributed by atoms with Crippen LogP contribution in [0.2, 0.25) is 0 Å². The Morgan fingerprint density at radius 1 is 1.00 bits per heavy atom. The zero-order chi connectivity index (χ0) is 10.7. The van der Waals surface area contributed by atoms with E-state index in [0.717, 1.165) is 18.9 Å². The van der Waals surface area contributed by atoms with Gasteiger partial charge in [-0.15, -0.1) is 0 Å². The third kappa shape index (κ3) is 4.61. The van der Waals surface area contributed by atoms with Crippen LogP contribution in [0.4, 0.5) is 0 Å². The molecule has 0 fully saturated rings. The highest BCUT2D eigenvalue weighted by atomic mass is 32.3. The lowest BCUT2D eigenvalue weighted by molar-refractivity contribution is 0.571. The first kappa shape index (κ1) is 12.9. The van der Waals surface area contributed by atoms with E-state index in [-0.39, 0.29) is 6.42 Å². The van der Waals surface area contributed by atoms with Gasteiger partial charge in [0.05, 0.1) is 0 Å². The van der Waals surface area contributed by atoms with Gasteiger partial charge in [-0.1, -0.05) is 19.8 Å². The summed E-state index contributed by atoms with van der Waals surface area (Å²) in [5, 5.41) is 0. The van der Waals surface area contributed by atoms with E-state index in [9.17, 15) is 16.8 Å². The van der Waals surface area contributed by atoms with Gasteiger partial charge < -0.3 is 0 Å². The van der Waals surface area contributed by atoms with E-state index in [1.54, 1.807) is 0 Å². The number of unbranched alkanes of at least 4 members (excludes halogenated alkanes) is 1. The molecule has 0 heterocycles. The van der Waals surface area contributed by atoms with E-state index < -0.39 is 24.3 Å². The topological polar surface area (TPSA) is 68.3 Å². The number of rotatable bonds is 5. The van der Waals surface area contributed by atoms with Crippen LogP contribution in [-0.2, 0) is 19.7 Å². The van der Waals surface area contributed by atoms with E-state index in [1.165, 1.54) is 0 Å². The lowest BCUT2D eigenvalue weighted by Gasteiger charge is -2.11. The predicted octanol–water partition coefficient (Wildman–Crippen LogP) is 0.592. The molecule has 0 aromatic rings. The molecule has 0 rings (SSSR count). The van der Waals surface area contributed by atoms with Gasteiger partial charge in [0.25, 0.3) is 0 Å². The van der Waals surface area contributed by atoms with E-state index in [4.69, 9.17) is 0 Å². The Hall–Kier alpha value is -0.100. The fraction of sp³-hybridized carbons (Fsp3) is 1.00. The summed E-state index contributed by atoms with van der Waals surface area (Å²) in [5.41, 5.74) is 0. The normalized spacial score (nSPS) is 13.5. The summed E-state index contributed by atoms with van der Waals surface area (Å²) in [5.74, 6) is 0. The Kier molecular flexibility index (Phi) is 4.38. The minimum Gasteiger partial charge on any atom is -0.228 e. The Morgan fingerprint density at radius 3 is 1.62 bits per heavy atom. The summed E-state index contributed by atoms with van der Waals surface area (Å²) < 4.78 is 43.2. The molecule has 0 aliphatic heterocycles. The predicted molar refractivity (Wildman–Crippen MR) is 53.0 cm³/mol. The molecule has 0 radical (unpaired) electrons. The zero-order valence-electron chi connectivity index (χ0n) is 8.15. The molecular weight excluding hydrogens is 212 g/mol. The maximum absolute atomic E-state index is 11.1.